The fourth-order valence-corrected chi connectivity index (χ4v) is 2.91. The Bertz CT molecular complexity index is 534. The highest BCUT2D eigenvalue weighted by atomic mass is 35.5. The largest absolute Gasteiger partial charge is 0.338 e. The molecule has 1 aliphatic heterocycles. The Kier molecular flexibility index (Phi) is 4.62. The average molecular weight is 309 g/mol. The molecule has 4 heteroatoms. The third-order valence-electron chi connectivity index (χ3n) is 4.26. The van der Waals surface area contributed by atoms with E-state index in [0.29, 0.717) is 22.6 Å². The SMILES string of the molecule is CC(C)C1CCN(C(=O)c2cc(Cl)nc(C(C)(C)C)c2)C1. The van der Waals surface area contributed by atoms with Crippen molar-refractivity contribution < 1.29 is 4.79 Å². The zero-order valence-electron chi connectivity index (χ0n) is 13.6. The highest BCUT2D eigenvalue weighted by Gasteiger charge is 2.29. The van der Waals surface area contributed by atoms with Crippen molar-refractivity contribution in [3.8, 4) is 0 Å². The molecule has 1 fully saturated rings. The Balaban J connectivity index is 2.22. The van der Waals surface area contributed by atoms with Gasteiger partial charge in [0.15, 0.2) is 0 Å². The molecule has 0 spiro atoms. The van der Waals surface area contributed by atoms with E-state index in [1.165, 1.54) is 0 Å². The van der Waals surface area contributed by atoms with Crippen molar-refractivity contribution >= 4 is 17.5 Å². The van der Waals surface area contributed by atoms with Crippen molar-refractivity contribution in [2.24, 2.45) is 11.8 Å². The van der Waals surface area contributed by atoms with Crippen LogP contribution in [-0.4, -0.2) is 28.9 Å². The average Bonchev–Trinajstić information content (AvgIpc) is 2.85. The minimum absolute atomic E-state index is 0.0768. The molecular formula is C17H25ClN2O. The summed E-state index contributed by atoms with van der Waals surface area (Å²) in [6.45, 7) is 12.4. The normalized spacial score (nSPS) is 19.4. The number of amides is 1. The van der Waals surface area contributed by atoms with Crippen molar-refractivity contribution in [1.82, 2.24) is 9.88 Å². The van der Waals surface area contributed by atoms with Crippen LogP contribution in [0.3, 0.4) is 0 Å². The molecule has 3 nitrogen and oxygen atoms in total. The third kappa shape index (κ3) is 3.76. The summed E-state index contributed by atoms with van der Waals surface area (Å²) in [6, 6.07) is 3.57. The van der Waals surface area contributed by atoms with Crippen LogP contribution in [0.15, 0.2) is 12.1 Å². The molecule has 0 aliphatic carbocycles. The van der Waals surface area contributed by atoms with Gasteiger partial charge in [0.05, 0.1) is 0 Å². The first kappa shape index (κ1) is 16.3. The van der Waals surface area contributed by atoms with E-state index in [1.807, 2.05) is 11.0 Å². The number of halogens is 1. The summed E-state index contributed by atoms with van der Waals surface area (Å²) in [5.41, 5.74) is 1.40. The Morgan fingerprint density at radius 1 is 1.38 bits per heavy atom. The van der Waals surface area contributed by atoms with E-state index >= 15 is 0 Å². The van der Waals surface area contributed by atoms with Crippen LogP contribution in [-0.2, 0) is 5.41 Å². The number of aromatic nitrogens is 1. The summed E-state index contributed by atoms with van der Waals surface area (Å²) >= 11 is 6.10. The molecule has 1 atom stereocenters. The van der Waals surface area contributed by atoms with E-state index in [2.05, 4.69) is 39.6 Å². The first-order valence-electron chi connectivity index (χ1n) is 7.66. The molecule has 21 heavy (non-hydrogen) atoms. The first-order valence-corrected chi connectivity index (χ1v) is 8.03. The third-order valence-corrected chi connectivity index (χ3v) is 4.46. The van der Waals surface area contributed by atoms with Gasteiger partial charge in [0.25, 0.3) is 5.91 Å². The van der Waals surface area contributed by atoms with E-state index in [4.69, 9.17) is 11.6 Å². The molecule has 1 saturated heterocycles. The van der Waals surface area contributed by atoms with E-state index in [9.17, 15) is 4.79 Å². The maximum atomic E-state index is 12.7. The summed E-state index contributed by atoms with van der Waals surface area (Å²) in [5, 5.41) is 0.394. The van der Waals surface area contributed by atoms with Gasteiger partial charge in [-0.2, -0.15) is 0 Å². The molecule has 2 rings (SSSR count). The number of carbonyl (C=O) groups excluding carboxylic acids is 1. The summed E-state index contributed by atoms with van der Waals surface area (Å²) in [7, 11) is 0. The van der Waals surface area contributed by atoms with Gasteiger partial charge in [-0.25, -0.2) is 4.98 Å². The van der Waals surface area contributed by atoms with Crippen molar-refractivity contribution in [2.45, 2.75) is 46.5 Å². The van der Waals surface area contributed by atoms with Crippen LogP contribution in [0.1, 0.15) is 57.1 Å². The number of carbonyl (C=O) groups is 1. The van der Waals surface area contributed by atoms with Gasteiger partial charge in [-0.1, -0.05) is 46.2 Å². The van der Waals surface area contributed by atoms with Gasteiger partial charge in [0, 0.05) is 29.8 Å². The lowest BCUT2D eigenvalue weighted by atomic mass is 9.91. The zero-order chi connectivity index (χ0) is 15.8. The molecule has 2 heterocycles. The van der Waals surface area contributed by atoms with Crippen molar-refractivity contribution in [3.63, 3.8) is 0 Å². The fraction of sp³-hybridized carbons (Fsp3) is 0.647. The predicted molar refractivity (Wildman–Crippen MR) is 86.8 cm³/mol. The number of pyridine rings is 1. The highest BCUT2D eigenvalue weighted by molar-refractivity contribution is 6.29. The molecular weight excluding hydrogens is 284 g/mol. The van der Waals surface area contributed by atoms with E-state index < -0.39 is 0 Å². The fourth-order valence-electron chi connectivity index (χ4n) is 2.70. The van der Waals surface area contributed by atoms with Crippen molar-refractivity contribution in [2.75, 3.05) is 13.1 Å². The Hall–Kier alpha value is -1.09. The van der Waals surface area contributed by atoms with Gasteiger partial charge >= 0.3 is 0 Å². The lowest BCUT2D eigenvalue weighted by molar-refractivity contribution is 0.0783. The van der Waals surface area contributed by atoms with Crippen LogP contribution in [0.25, 0.3) is 0 Å². The number of nitrogens with zero attached hydrogens (tertiary/aromatic N) is 2. The van der Waals surface area contributed by atoms with Gasteiger partial charge in [0.2, 0.25) is 0 Å². The lowest BCUT2D eigenvalue weighted by Gasteiger charge is -2.21. The number of likely N-dealkylation sites (tertiary alicyclic amines) is 1. The number of hydrogen-bond donors (Lipinski definition) is 0. The Labute approximate surface area is 132 Å². The van der Waals surface area contributed by atoms with Gasteiger partial charge in [-0.15, -0.1) is 0 Å². The molecule has 0 bridgehead atoms. The monoisotopic (exact) mass is 308 g/mol. The van der Waals surface area contributed by atoms with E-state index in [0.717, 1.165) is 25.2 Å². The quantitative estimate of drug-likeness (QED) is 0.769. The summed E-state index contributed by atoms with van der Waals surface area (Å²) < 4.78 is 0. The molecule has 1 aliphatic rings. The lowest BCUT2D eigenvalue weighted by Crippen LogP contribution is -2.30. The van der Waals surface area contributed by atoms with Gasteiger partial charge in [-0.3, -0.25) is 4.79 Å². The van der Waals surface area contributed by atoms with Crippen molar-refractivity contribution in [1.29, 1.82) is 0 Å². The number of hydrogen-bond acceptors (Lipinski definition) is 2. The molecule has 1 aromatic heterocycles. The second-order valence-electron chi connectivity index (χ2n) is 7.36. The molecule has 1 amide bonds. The van der Waals surface area contributed by atoms with Gasteiger partial charge in [0.1, 0.15) is 5.15 Å². The topological polar surface area (TPSA) is 33.2 Å². The smallest absolute Gasteiger partial charge is 0.254 e. The molecule has 116 valence electrons. The first-order chi connectivity index (χ1) is 9.68. The standard InChI is InChI=1S/C17H25ClN2O/c1-11(2)12-6-7-20(10-12)16(21)13-8-14(17(3,4)5)19-15(18)9-13/h8-9,11-12H,6-7,10H2,1-5H3. The van der Waals surface area contributed by atoms with E-state index in [1.54, 1.807) is 6.07 Å². The summed E-state index contributed by atoms with van der Waals surface area (Å²) in [4.78, 5) is 19.0. The summed E-state index contributed by atoms with van der Waals surface area (Å²) in [5.74, 6) is 1.30. The Morgan fingerprint density at radius 3 is 2.57 bits per heavy atom. The maximum Gasteiger partial charge on any atom is 0.254 e. The van der Waals surface area contributed by atoms with Crippen LogP contribution < -0.4 is 0 Å². The summed E-state index contributed by atoms with van der Waals surface area (Å²) in [6.07, 6.45) is 1.09. The molecule has 0 N–H and O–H groups in total. The highest BCUT2D eigenvalue weighted by Crippen LogP contribution is 2.27. The Morgan fingerprint density at radius 2 is 2.05 bits per heavy atom. The minimum atomic E-state index is -0.120. The molecule has 1 unspecified atom stereocenters. The van der Waals surface area contributed by atoms with Gasteiger partial charge < -0.3 is 4.90 Å². The minimum Gasteiger partial charge on any atom is -0.338 e. The second kappa shape index (κ2) is 5.96. The van der Waals surface area contributed by atoms with Crippen LogP contribution in [0.2, 0.25) is 5.15 Å². The zero-order valence-corrected chi connectivity index (χ0v) is 14.4. The predicted octanol–water partition coefficient (Wildman–Crippen LogP) is 4.15. The van der Waals surface area contributed by atoms with Crippen LogP contribution in [0.5, 0.6) is 0 Å². The molecule has 1 aromatic rings. The number of rotatable bonds is 2. The molecule has 0 saturated carbocycles. The van der Waals surface area contributed by atoms with Gasteiger partial charge in [-0.05, 0) is 30.4 Å². The van der Waals surface area contributed by atoms with Crippen LogP contribution in [0, 0.1) is 11.8 Å². The van der Waals surface area contributed by atoms with E-state index in [-0.39, 0.29) is 11.3 Å². The molecule has 0 aromatic carbocycles. The maximum absolute atomic E-state index is 12.7. The molecule has 0 radical (unpaired) electrons. The van der Waals surface area contributed by atoms with Crippen LogP contribution in [0.4, 0.5) is 0 Å². The van der Waals surface area contributed by atoms with Crippen molar-refractivity contribution in [3.05, 3.63) is 28.5 Å². The second-order valence-corrected chi connectivity index (χ2v) is 7.74. The van der Waals surface area contributed by atoms with Crippen LogP contribution >= 0.6 is 11.6 Å².